The van der Waals surface area contributed by atoms with Gasteiger partial charge in [-0.15, -0.1) is 10.2 Å². The van der Waals surface area contributed by atoms with Crippen LogP contribution in [-0.2, 0) is 31.6 Å². The zero-order chi connectivity index (χ0) is 28.4. The van der Waals surface area contributed by atoms with Crippen LogP contribution in [0.2, 0.25) is 0 Å². The molecule has 3 aromatic rings. The van der Waals surface area contributed by atoms with Crippen molar-refractivity contribution in [3.63, 3.8) is 0 Å². The molecule has 1 saturated heterocycles. The van der Waals surface area contributed by atoms with Crippen molar-refractivity contribution in [1.82, 2.24) is 20.1 Å². The number of carbonyl (C=O) groups excluding carboxylic acids is 1. The summed E-state index contributed by atoms with van der Waals surface area (Å²) in [7, 11) is 1.74. The summed E-state index contributed by atoms with van der Waals surface area (Å²) >= 11 is 0. The van der Waals surface area contributed by atoms with Crippen molar-refractivity contribution in [3.8, 4) is 0 Å². The molecule has 0 spiro atoms. The highest BCUT2D eigenvalue weighted by molar-refractivity contribution is 6.10. The maximum absolute atomic E-state index is 14.2. The number of hydrogen-bond acceptors (Lipinski definition) is 4. The van der Waals surface area contributed by atoms with Crippen molar-refractivity contribution in [2.24, 2.45) is 7.05 Å². The summed E-state index contributed by atoms with van der Waals surface area (Å²) in [5.74, 6) is -2.80. The van der Waals surface area contributed by atoms with E-state index in [4.69, 9.17) is 0 Å². The number of carbonyl (C=O) groups is 1. The van der Waals surface area contributed by atoms with Gasteiger partial charge in [0, 0.05) is 55.1 Å². The largest absolute Gasteiger partial charge is 0.416 e. The van der Waals surface area contributed by atoms with Crippen LogP contribution in [0.3, 0.4) is 0 Å². The fourth-order valence-corrected chi connectivity index (χ4v) is 6.64. The van der Waals surface area contributed by atoms with Crippen LogP contribution in [-0.4, -0.2) is 32.6 Å². The molecule has 6 nitrogen and oxygen atoms in total. The monoisotopic (exact) mass is 559 g/mol. The van der Waals surface area contributed by atoms with Gasteiger partial charge in [0.05, 0.1) is 12.1 Å². The van der Waals surface area contributed by atoms with E-state index in [-0.39, 0.29) is 49.0 Å². The summed E-state index contributed by atoms with van der Waals surface area (Å²) in [6, 6.07) is 9.45. The molecule has 0 bridgehead atoms. The Morgan fingerprint density at radius 1 is 1.12 bits per heavy atom. The molecular weight excluding hydrogens is 529 g/mol. The number of benzene rings is 2. The first kappa shape index (κ1) is 26.9. The van der Waals surface area contributed by atoms with Crippen molar-refractivity contribution in [3.05, 3.63) is 76.4 Å². The third kappa shape index (κ3) is 4.57. The molecule has 11 heteroatoms. The fourth-order valence-electron chi connectivity index (χ4n) is 6.64. The molecule has 2 aromatic carbocycles. The third-order valence-corrected chi connectivity index (χ3v) is 8.77. The number of rotatable bonds is 6. The highest BCUT2D eigenvalue weighted by atomic mass is 19.4. The standard InChI is InChI=1S/C29H30F5N5O/c1-3-19-7-8-24(36-19)17-9-21-22(23(10-17)29(32,33)34)13-39(26(21)40)20-6-4-5-18(11-20)27(14-28(30,31)15-27)12-25-37-35-16-38(25)2/h4-6,9-11,16,19,24,36H,3,7-8,12-15H2,1-2H3/t19-,24-/m0/s1. The van der Waals surface area contributed by atoms with E-state index in [2.05, 4.69) is 15.5 Å². The van der Waals surface area contributed by atoms with Crippen molar-refractivity contribution >= 4 is 11.6 Å². The lowest BCUT2D eigenvalue weighted by molar-refractivity contribution is -0.138. The second-order valence-corrected chi connectivity index (χ2v) is 11.5. The zero-order valence-electron chi connectivity index (χ0n) is 22.2. The van der Waals surface area contributed by atoms with Gasteiger partial charge in [0.2, 0.25) is 5.92 Å². The molecule has 2 fully saturated rings. The number of aryl methyl sites for hydroxylation is 1. The van der Waals surface area contributed by atoms with E-state index in [1.54, 1.807) is 41.9 Å². The molecule has 1 saturated carbocycles. The highest BCUT2D eigenvalue weighted by Crippen LogP contribution is 2.55. The lowest BCUT2D eigenvalue weighted by Gasteiger charge is -2.48. The maximum atomic E-state index is 14.2. The number of nitrogens with one attached hydrogen (secondary N) is 1. The molecule has 0 radical (unpaired) electrons. The number of halogens is 5. The van der Waals surface area contributed by atoms with Gasteiger partial charge < -0.3 is 14.8 Å². The average Bonchev–Trinajstić information content (AvgIpc) is 3.61. The number of hydrogen-bond donors (Lipinski definition) is 1. The van der Waals surface area contributed by atoms with Crippen LogP contribution in [0.5, 0.6) is 0 Å². The van der Waals surface area contributed by atoms with Crippen molar-refractivity contribution in [2.75, 3.05) is 4.90 Å². The van der Waals surface area contributed by atoms with Crippen molar-refractivity contribution in [1.29, 1.82) is 0 Å². The highest BCUT2D eigenvalue weighted by Gasteiger charge is 2.57. The molecule has 6 rings (SSSR count). The molecule has 212 valence electrons. The minimum absolute atomic E-state index is 0.0425. The lowest BCUT2D eigenvalue weighted by Crippen LogP contribution is -2.51. The van der Waals surface area contributed by atoms with Crippen LogP contribution in [0.25, 0.3) is 0 Å². The van der Waals surface area contributed by atoms with E-state index in [0.29, 0.717) is 29.1 Å². The summed E-state index contributed by atoms with van der Waals surface area (Å²) in [6.07, 6.45) is -1.23. The fraction of sp³-hybridized carbons (Fsp3) is 0.483. The second kappa shape index (κ2) is 9.36. The third-order valence-electron chi connectivity index (χ3n) is 8.77. The van der Waals surface area contributed by atoms with Gasteiger partial charge in [0.25, 0.3) is 5.91 Å². The van der Waals surface area contributed by atoms with E-state index in [1.165, 1.54) is 17.3 Å². The SMILES string of the molecule is CC[C@H]1CC[C@@H](c2cc3c(c(C(F)(F)F)c2)CN(c2cccc(C4(Cc5nncn5C)CC(F)(F)C4)c2)C3=O)N1. The summed E-state index contributed by atoms with van der Waals surface area (Å²) < 4.78 is 72.9. The van der Waals surface area contributed by atoms with Gasteiger partial charge in [0.15, 0.2) is 0 Å². The second-order valence-electron chi connectivity index (χ2n) is 11.5. The minimum Gasteiger partial charge on any atom is -0.321 e. The normalized spacial score (nSPS) is 23.4. The Hall–Kier alpha value is -3.34. The van der Waals surface area contributed by atoms with Crippen LogP contribution in [0.4, 0.5) is 27.6 Å². The zero-order valence-corrected chi connectivity index (χ0v) is 22.2. The smallest absolute Gasteiger partial charge is 0.321 e. The molecule has 1 amide bonds. The molecule has 3 heterocycles. The molecule has 40 heavy (non-hydrogen) atoms. The summed E-state index contributed by atoms with van der Waals surface area (Å²) in [5, 5.41) is 11.3. The van der Waals surface area contributed by atoms with Gasteiger partial charge in [-0.2, -0.15) is 13.2 Å². The Labute approximate surface area is 228 Å². The Morgan fingerprint density at radius 2 is 1.90 bits per heavy atom. The molecule has 0 unspecified atom stereocenters. The van der Waals surface area contributed by atoms with E-state index in [1.807, 2.05) is 6.92 Å². The summed E-state index contributed by atoms with van der Waals surface area (Å²) in [6.45, 7) is 1.79. The van der Waals surface area contributed by atoms with E-state index < -0.39 is 29.0 Å². The lowest BCUT2D eigenvalue weighted by atomic mass is 9.60. The van der Waals surface area contributed by atoms with Crippen LogP contribution < -0.4 is 10.2 Å². The maximum Gasteiger partial charge on any atom is 0.416 e. The van der Waals surface area contributed by atoms with E-state index in [9.17, 15) is 26.7 Å². The average molecular weight is 560 g/mol. The minimum atomic E-state index is -4.63. The van der Waals surface area contributed by atoms with Crippen LogP contribution in [0.15, 0.2) is 42.7 Å². The Morgan fingerprint density at radius 3 is 2.52 bits per heavy atom. The predicted octanol–water partition coefficient (Wildman–Crippen LogP) is 6.11. The van der Waals surface area contributed by atoms with Crippen LogP contribution in [0.1, 0.15) is 83.5 Å². The van der Waals surface area contributed by atoms with Gasteiger partial charge >= 0.3 is 6.18 Å². The number of amides is 1. The Balaban J connectivity index is 1.35. The van der Waals surface area contributed by atoms with Gasteiger partial charge in [-0.3, -0.25) is 4.79 Å². The topological polar surface area (TPSA) is 63.1 Å². The molecule has 1 aliphatic carbocycles. The molecule has 2 atom stereocenters. The number of alkyl halides is 5. The molecule has 1 N–H and O–H groups in total. The molecule has 2 aliphatic heterocycles. The van der Waals surface area contributed by atoms with Gasteiger partial charge in [0.1, 0.15) is 12.2 Å². The van der Waals surface area contributed by atoms with Gasteiger partial charge in [-0.1, -0.05) is 19.1 Å². The summed E-state index contributed by atoms with van der Waals surface area (Å²) in [5.41, 5.74) is -0.298. The van der Waals surface area contributed by atoms with E-state index >= 15 is 0 Å². The molecule has 1 aromatic heterocycles. The summed E-state index contributed by atoms with van der Waals surface area (Å²) in [4.78, 5) is 14.9. The van der Waals surface area contributed by atoms with Crippen molar-refractivity contribution in [2.45, 2.75) is 81.6 Å². The van der Waals surface area contributed by atoms with Crippen molar-refractivity contribution < 1.29 is 26.7 Å². The van der Waals surface area contributed by atoms with Gasteiger partial charge in [-0.05, 0) is 60.2 Å². The Kier molecular flexibility index (Phi) is 6.28. The first-order valence-electron chi connectivity index (χ1n) is 13.5. The number of nitrogens with zero attached hydrogens (tertiary/aromatic N) is 4. The van der Waals surface area contributed by atoms with Crippen LogP contribution >= 0.6 is 0 Å². The first-order valence-corrected chi connectivity index (χ1v) is 13.5. The number of fused-ring (bicyclic) bond motifs is 1. The predicted molar refractivity (Wildman–Crippen MR) is 138 cm³/mol. The number of aromatic nitrogens is 3. The Bertz CT molecular complexity index is 1460. The quantitative estimate of drug-likeness (QED) is 0.371. The molecule has 3 aliphatic rings. The van der Waals surface area contributed by atoms with E-state index in [0.717, 1.165) is 12.8 Å². The van der Waals surface area contributed by atoms with Gasteiger partial charge in [-0.25, -0.2) is 8.78 Å². The van der Waals surface area contributed by atoms with Crippen LogP contribution in [0, 0.1) is 0 Å². The first-order chi connectivity index (χ1) is 18.9. The number of anilines is 1. The molecular formula is C29H30F5N5O.